The smallest absolute Gasteiger partial charge is 0.0748 e. The third-order valence-electron chi connectivity index (χ3n) is 6.80. The summed E-state index contributed by atoms with van der Waals surface area (Å²) in [5, 5.41) is 18.0. The van der Waals surface area contributed by atoms with Gasteiger partial charge in [-0.1, -0.05) is 0 Å². The monoisotopic (exact) mass is 372 g/mol. The number of piperidine rings is 1. The highest BCUT2D eigenvalue weighted by Gasteiger charge is 2.46. The van der Waals surface area contributed by atoms with Crippen LogP contribution in [0.1, 0.15) is 32.1 Å². The molecule has 0 bridgehead atoms. The van der Waals surface area contributed by atoms with Crippen LogP contribution in [-0.4, -0.2) is 61.6 Å². The molecular formula is C18H33ClN4O2. The van der Waals surface area contributed by atoms with Crippen LogP contribution in [0.15, 0.2) is 0 Å². The fourth-order valence-electron chi connectivity index (χ4n) is 5.32. The lowest BCUT2D eigenvalue weighted by Crippen LogP contribution is -2.71. The van der Waals surface area contributed by atoms with E-state index in [-0.39, 0.29) is 17.6 Å². The fourth-order valence-corrected chi connectivity index (χ4v) is 5.63. The van der Waals surface area contributed by atoms with E-state index in [0.717, 1.165) is 58.5 Å². The highest BCUT2D eigenvalue weighted by molar-refractivity contribution is 6.20. The molecule has 7 unspecified atom stereocenters. The topological polar surface area (TPSA) is 77.6 Å². The van der Waals surface area contributed by atoms with Crippen molar-refractivity contribution < 1.29 is 9.84 Å². The van der Waals surface area contributed by atoms with Crippen LogP contribution < -0.4 is 21.5 Å². The highest BCUT2D eigenvalue weighted by Crippen LogP contribution is 2.38. The molecule has 1 saturated carbocycles. The molecule has 25 heavy (non-hydrogen) atoms. The molecule has 4 fully saturated rings. The summed E-state index contributed by atoms with van der Waals surface area (Å²) in [6, 6.07) is 0.333. The van der Waals surface area contributed by atoms with Crippen LogP contribution in [0.5, 0.6) is 0 Å². The Kier molecular flexibility index (Phi) is 6.17. The number of hydrogen-bond acceptors (Lipinski definition) is 6. The number of fused-ring (bicyclic) bond motifs is 1. The van der Waals surface area contributed by atoms with Gasteiger partial charge in [-0.15, -0.1) is 11.6 Å². The minimum Gasteiger partial charge on any atom is -0.393 e. The Hall–Kier alpha value is 0.0500. The van der Waals surface area contributed by atoms with Crippen molar-refractivity contribution >= 4 is 11.6 Å². The van der Waals surface area contributed by atoms with Gasteiger partial charge in [-0.3, -0.25) is 5.43 Å². The fraction of sp³-hybridized carbons (Fsp3) is 1.00. The molecule has 6 nitrogen and oxygen atoms in total. The summed E-state index contributed by atoms with van der Waals surface area (Å²) in [7, 11) is 0. The zero-order valence-corrected chi connectivity index (χ0v) is 15.7. The number of nitrogens with one attached hydrogen (secondary N) is 4. The number of ether oxygens (including phenoxy) is 1. The zero-order valence-electron chi connectivity index (χ0n) is 14.9. The molecule has 8 atom stereocenters. The standard InChI is InChI=1S/C18H33ClN4O2/c19-12-1-2-14(16(24)7-12)17-13-3-5-20-9-15(13)18(23-22-17)21-8-11-4-6-25-10-11/h11-18,20-24H,1-10H2/t11-,12?,13?,14?,15?,16?,17?,18?/m1/s1. The van der Waals surface area contributed by atoms with E-state index in [1.165, 1.54) is 6.42 Å². The van der Waals surface area contributed by atoms with E-state index < -0.39 is 0 Å². The first-order valence-corrected chi connectivity index (χ1v) is 10.5. The first-order valence-electron chi connectivity index (χ1n) is 10.1. The van der Waals surface area contributed by atoms with E-state index >= 15 is 0 Å². The Morgan fingerprint density at radius 1 is 1.08 bits per heavy atom. The second-order valence-corrected chi connectivity index (χ2v) is 9.01. The van der Waals surface area contributed by atoms with Crippen molar-refractivity contribution in [2.75, 3.05) is 32.8 Å². The quantitative estimate of drug-likeness (QED) is 0.460. The first kappa shape index (κ1) is 18.4. The molecule has 0 aromatic rings. The molecule has 5 N–H and O–H groups in total. The number of hydrazine groups is 1. The molecular weight excluding hydrogens is 340 g/mol. The molecule has 3 saturated heterocycles. The zero-order chi connectivity index (χ0) is 17.2. The van der Waals surface area contributed by atoms with E-state index in [0.29, 0.717) is 29.7 Å². The van der Waals surface area contributed by atoms with E-state index in [2.05, 4.69) is 21.5 Å². The van der Waals surface area contributed by atoms with Gasteiger partial charge in [0.25, 0.3) is 0 Å². The van der Waals surface area contributed by atoms with E-state index in [4.69, 9.17) is 16.3 Å². The molecule has 144 valence electrons. The average molecular weight is 373 g/mol. The van der Waals surface area contributed by atoms with Crippen molar-refractivity contribution in [1.82, 2.24) is 21.5 Å². The van der Waals surface area contributed by atoms with Crippen LogP contribution >= 0.6 is 11.6 Å². The number of rotatable bonds is 4. The van der Waals surface area contributed by atoms with Crippen molar-refractivity contribution in [1.29, 1.82) is 0 Å². The van der Waals surface area contributed by atoms with Crippen LogP contribution in [0.25, 0.3) is 0 Å². The summed E-state index contributed by atoms with van der Waals surface area (Å²) in [5.41, 5.74) is 7.12. The molecule has 0 aromatic carbocycles. The molecule has 0 radical (unpaired) electrons. The van der Waals surface area contributed by atoms with Gasteiger partial charge in [0.2, 0.25) is 0 Å². The maximum atomic E-state index is 10.6. The Morgan fingerprint density at radius 3 is 2.80 bits per heavy atom. The first-order chi connectivity index (χ1) is 12.2. The second kappa shape index (κ2) is 8.38. The van der Waals surface area contributed by atoms with Gasteiger partial charge in [-0.25, -0.2) is 5.43 Å². The molecule has 7 heteroatoms. The predicted molar refractivity (Wildman–Crippen MR) is 98.2 cm³/mol. The summed E-state index contributed by atoms with van der Waals surface area (Å²) in [5.74, 6) is 2.07. The minimum atomic E-state index is -0.286. The number of hydrogen-bond donors (Lipinski definition) is 5. The normalized spacial score (nSPS) is 48.2. The van der Waals surface area contributed by atoms with Crippen LogP contribution in [0.3, 0.4) is 0 Å². The summed E-state index contributed by atoms with van der Waals surface area (Å²) in [6.45, 7) is 4.90. The lowest BCUT2D eigenvalue weighted by Gasteiger charge is -2.51. The van der Waals surface area contributed by atoms with Crippen molar-refractivity contribution in [3.8, 4) is 0 Å². The van der Waals surface area contributed by atoms with Crippen LogP contribution in [-0.2, 0) is 4.74 Å². The molecule has 0 spiro atoms. The Morgan fingerprint density at radius 2 is 2.00 bits per heavy atom. The van der Waals surface area contributed by atoms with E-state index in [1.54, 1.807) is 0 Å². The summed E-state index contributed by atoms with van der Waals surface area (Å²) in [4.78, 5) is 0. The third-order valence-corrected chi connectivity index (χ3v) is 7.19. The summed E-state index contributed by atoms with van der Waals surface area (Å²) >= 11 is 6.25. The van der Waals surface area contributed by atoms with Gasteiger partial charge < -0.3 is 20.5 Å². The van der Waals surface area contributed by atoms with Crippen LogP contribution in [0.4, 0.5) is 0 Å². The number of aliphatic hydroxyl groups excluding tert-OH is 1. The Bertz CT molecular complexity index is 437. The molecule has 3 heterocycles. The van der Waals surface area contributed by atoms with Gasteiger partial charge in [0, 0.05) is 43.0 Å². The third kappa shape index (κ3) is 4.15. The van der Waals surface area contributed by atoms with E-state index in [1.807, 2.05) is 0 Å². The van der Waals surface area contributed by atoms with Crippen LogP contribution in [0, 0.1) is 23.7 Å². The maximum Gasteiger partial charge on any atom is 0.0748 e. The average Bonchev–Trinajstić information content (AvgIpc) is 3.14. The highest BCUT2D eigenvalue weighted by atomic mass is 35.5. The van der Waals surface area contributed by atoms with Gasteiger partial charge in [-0.05, 0) is 50.5 Å². The van der Waals surface area contributed by atoms with Gasteiger partial charge in [-0.2, -0.15) is 0 Å². The molecule has 0 aromatic heterocycles. The van der Waals surface area contributed by atoms with Crippen molar-refractivity contribution in [3.05, 3.63) is 0 Å². The summed E-state index contributed by atoms with van der Waals surface area (Å²) in [6.07, 6.45) is 5.08. The molecule has 3 aliphatic heterocycles. The lowest BCUT2D eigenvalue weighted by molar-refractivity contribution is -0.0198. The molecule has 4 rings (SSSR count). The van der Waals surface area contributed by atoms with Gasteiger partial charge in [0.05, 0.1) is 18.9 Å². The van der Waals surface area contributed by atoms with Crippen LogP contribution in [0.2, 0.25) is 0 Å². The maximum absolute atomic E-state index is 10.6. The van der Waals surface area contributed by atoms with Gasteiger partial charge in [0.15, 0.2) is 0 Å². The van der Waals surface area contributed by atoms with Gasteiger partial charge >= 0.3 is 0 Å². The number of aliphatic hydroxyl groups is 1. The van der Waals surface area contributed by atoms with Crippen molar-refractivity contribution in [3.63, 3.8) is 0 Å². The predicted octanol–water partition coefficient (Wildman–Crippen LogP) is 0.409. The minimum absolute atomic E-state index is 0.134. The van der Waals surface area contributed by atoms with E-state index in [9.17, 15) is 5.11 Å². The van der Waals surface area contributed by atoms with Crippen molar-refractivity contribution in [2.24, 2.45) is 23.7 Å². The lowest BCUT2D eigenvalue weighted by atomic mass is 9.69. The summed E-state index contributed by atoms with van der Waals surface area (Å²) < 4.78 is 5.49. The largest absolute Gasteiger partial charge is 0.393 e. The number of alkyl halides is 1. The Labute approximate surface area is 155 Å². The SMILES string of the molecule is OC1CC(Cl)CCC1C1NNC(NC[C@H]2CCOC2)C2CNCCC21. The van der Waals surface area contributed by atoms with Gasteiger partial charge in [0.1, 0.15) is 0 Å². The molecule has 4 aliphatic rings. The Balaban J connectivity index is 1.39. The molecule has 1 aliphatic carbocycles. The second-order valence-electron chi connectivity index (χ2n) is 8.39. The number of halogens is 1. The molecule has 0 amide bonds. The van der Waals surface area contributed by atoms with Crippen molar-refractivity contribution in [2.45, 2.75) is 55.8 Å².